The summed E-state index contributed by atoms with van der Waals surface area (Å²) < 4.78 is 3.29. The highest BCUT2D eigenvalue weighted by atomic mass is 127. The highest BCUT2D eigenvalue weighted by Gasteiger charge is 2.34. The van der Waals surface area contributed by atoms with E-state index in [2.05, 4.69) is 70.4 Å². The molecule has 0 spiro atoms. The summed E-state index contributed by atoms with van der Waals surface area (Å²) in [5.41, 5.74) is 3.11. The van der Waals surface area contributed by atoms with Crippen LogP contribution in [-0.2, 0) is 6.42 Å². The number of halogens is 2. The van der Waals surface area contributed by atoms with Crippen molar-refractivity contribution >= 4 is 28.3 Å². The number of allylic oxidation sites excluding steroid dienone is 5. The minimum absolute atomic E-state index is 0.168. The monoisotopic (exact) mass is 588 g/mol. The van der Waals surface area contributed by atoms with Crippen molar-refractivity contribution in [3.63, 3.8) is 0 Å². The number of aryl methyl sites for hydroxylation is 1. The summed E-state index contributed by atoms with van der Waals surface area (Å²) in [6, 6.07) is 8.78. The van der Waals surface area contributed by atoms with Gasteiger partial charge < -0.3 is 0 Å². The van der Waals surface area contributed by atoms with Crippen LogP contribution in [0.1, 0.15) is 24.0 Å². The van der Waals surface area contributed by atoms with Gasteiger partial charge in [-0.2, -0.15) is 9.78 Å². The van der Waals surface area contributed by atoms with E-state index in [-0.39, 0.29) is 5.92 Å². The summed E-state index contributed by atoms with van der Waals surface area (Å²) in [5.74, 6) is 0.474. The van der Waals surface area contributed by atoms with Gasteiger partial charge in [0, 0.05) is 16.4 Å². The Morgan fingerprint density at radius 1 is 1.30 bits per heavy atom. The number of nitrogens with one attached hydrogen (secondary N) is 1. The maximum Gasteiger partial charge on any atom is 0.349 e. The molecule has 0 fully saturated rings. The second-order valence-electron chi connectivity index (χ2n) is 6.38. The van der Waals surface area contributed by atoms with E-state index >= 15 is 0 Å². The molecule has 1 aromatic heterocycles. The molecule has 0 saturated carbocycles. The molecule has 2 atom stereocenters. The van der Waals surface area contributed by atoms with Gasteiger partial charge in [0.2, 0.25) is 0 Å². The first-order chi connectivity index (χ1) is 12.9. The van der Waals surface area contributed by atoms with Crippen molar-refractivity contribution in [1.29, 1.82) is 0 Å². The van der Waals surface area contributed by atoms with Crippen molar-refractivity contribution in [3.8, 4) is 0 Å². The number of H-pyrrole nitrogens is 1. The van der Waals surface area contributed by atoms with E-state index in [0.29, 0.717) is 11.6 Å². The molecule has 1 aliphatic rings. The summed E-state index contributed by atoms with van der Waals surface area (Å²) in [6.07, 6.45) is 5.96. The molecular formula is C20H20I2N3O2+. The average molecular weight is 588 g/mol. The molecule has 2 unspecified atom stereocenters. The molecule has 140 valence electrons. The first kappa shape index (κ1) is 20.2. The Kier molecular flexibility index (Phi) is 6.51. The molecule has 3 rings (SSSR count). The van der Waals surface area contributed by atoms with Gasteiger partial charge in [-0.1, -0.05) is 60.4 Å². The molecule has 1 N–H and O–H groups in total. The Hall–Kier alpha value is -1.49. The quantitative estimate of drug-likeness (QED) is 0.393. The van der Waals surface area contributed by atoms with Gasteiger partial charge in [-0.25, -0.2) is 4.79 Å². The topological polar surface area (TPSA) is 67.8 Å². The Morgan fingerprint density at radius 2 is 2.00 bits per heavy atom. The smallest absolute Gasteiger partial charge is 0.271 e. The van der Waals surface area contributed by atoms with Gasteiger partial charge >= 0.3 is 5.69 Å². The third-order valence-corrected chi connectivity index (χ3v) is 6.68. The van der Waals surface area contributed by atoms with Crippen molar-refractivity contribution < 1.29 is 22.6 Å². The molecule has 1 aromatic carbocycles. The first-order valence-electron chi connectivity index (χ1n) is 8.57. The predicted molar refractivity (Wildman–Crippen MR) is 113 cm³/mol. The van der Waals surface area contributed by atoms with Crippen molar-refractivity contribution in [2.24, 2.45) is 5.92 Å². The second kappa shape index (κ2) is 8.68. The van der Waals surface area contributed by atoms with Crippen molar-refractivity contribution in [1.82, 2.24) is 14.8 Å². The fourth-order valence-electron chi connectivity index (χ4n) is 3.23. The molecule has 0 amide bonds. The standard InChI is InChI=1S/C20H19I2N3O2/c1-3-13-4-6-14(7-5-13)16(10-21)19-12(2)8-15(9-17(19)22)25-20(27)24-18(26)11-23-25/h4-9,11,16,19,22H,2-3,10H2,1H3/p+1. The fraction of sp³-hybridized carbons (Fsp3) is 0.250. The predicted octanol–water partition coefficient (Wildman–Crippen LogP) is -0.0908. The van der Waals surface area contributed by atoms with Gasteiger partial charge in [0.15, 0.2) is 3.58 Å². The Balaban J connectivity index is 1.95. The highest BCUT2D eigenvalue weighted by molar-refractivity contribution is 14.1. The number of alkyl halides is 1. The molecule has 2 aromatic rings. The van der Waals surface area contributed by atoms with Crippen LogP contribution in [0, 0.1) is 5.92 Å². The van der Waals surface area contributed by atoms with Crippen LogP contribution in [0.5, 0.6) is 0 Å². The van der Waals surface area contributed by atoms with Crippen LogP contribution in [0.2, 0.25) is 0 Å². The van der Waals surface area contributed by atoms with E-state index in [0.717, 1.165) is 26.2 Å². The second-order valence-corrected chi connectivity index (χ2v) is 8.60. The zero-order valence-electron chi connectivity index (χ0n) is 14.8. The van der Waals surface area contributed by atoms with E-state index in [1.165, 1.54) is 15.8 Å². The maximum atomic E-state index is 12.1. The van der Waals surface area contributed by atoms with Crippen LogP contribution < -0.4 is 33.8 Å². The van der Waals surface area contributed by atoms with E-state index in [9.17, 15) is 9.59 Å². The molecule has 0 bridgehead atoms. The van der Waals surface area contributed by atoms with Gasteiger partial charge in [-0.05, 0) is 29.2 Å². The highest BCUT2D eigenvalue weighted by Crippen LogP contribution is 2.37. The third-order valence-electron chi connectivity index (χ3n) is 4.67. The number of rotatable bonds is 5. The van der Waals surface area contributed by atoms with Crippen molar-refractivity contribution in [2.45, 2.75) is 19.3 Å². The van der Waals surface area contributed by atoms with Crippen LogP contribution in [0.25, 0.3) is 5.70 Å². The number of hydrogen-bond donors (Lipinski definition) is 1. The maximum absolute atomic E-state index is 12.1. The molecule has 1 aliphatic carbocycles. The van der Waals surface area contributed by atoms with Gasteiger partial charge in [0.05, 0.1) is 11.6 Å². The van der Waals surface area contributed by atoms with E-state index < -0.39 is 11.2 Å². The minimum atomic E-state index is -0.550. The number of benzene rings is 1. The van der Waals surface area contributed by atoms with Gasteiger partial charge in [-0.15, -0.1) is 0 Å². The lowest BCUT2D eigenvalue weighted by Gasteiger charge is -2.27. The molecule has 0 aliphatic heterocycles. The summed E-state index contributed by atoms with van der Waals surface area (Å²) >= 11 is 4.39. The molecule has 7 heteroatoms. The third kappa shape index (κ3) is 4.34. The summed E-state index contributed by atoms with van der Waals surface area (Å²) in [4.78, 5) is 25.5. The molecular weight excluding hydrogens is 568 g/mol. The summed E-state index contributed by atoms with van der Waals surface area (Å²) in [6.45, 7) is 6.42. The molecule has 0 saturated heterocycles. The Labute approximate surface area is 184 Å². The Bertz CT molecular complexity index is 1030. The zero-order valence-corrected chi connectivity index (χ0v) is 19.3. The van der Waals surface area contributed by atoms with E-state index in [1.807, 2.05) is 34.7 Å². The molecule has 0 radical (unpaired) electrons. The Morgan fingerprint density at radius 3 is 2.56 bits per heavy atom. The van der Waals surface area contributed by atoms with Gasteiger partial charge in [0.25, 0.3) is 28.2 Å². The van der Waals surface area contributed by atoms with Crippen LogP contribution in [0.15, 0.2) is 67.9 Å². The number of aromatic nitrogens is 3. The number of nitrogens with zero attached hydrogens (tertiary/aromatic N) is 2. The SMILES string of the molecule is C=C1C=C(n2ncc(=O)[nH]c2=O)C=C([IH+])C1C(CI)c1ccc(CC)cc1. The number of aromatic amines is 1. The fourth-order valence-corrected chi connectivity index (χ4v) is 5.49. The number of hydrogen-bond acceptors (Lipinski definition) is 3. The van der Waals surface area contributed by atoms with Crippen molar-refractivity contribution in [3.05, 3.63) is 90.3 Å². The largest absolute Gasteiger partial charge is 0.349 e. The minimum Gasteiger partial charge on any atom is -0.271 e. The normalized spacial score (nSPS) is 18.0. The molecule has 27 heavy (non-hydrogen) atoms. The lowest BCUT2D eigenvalue weighted by Crippen LogP contribution is -3.33. The van der Waals surface area contributed by atoms with Crippen molar-refractivity contribution in [2.75, 3.05) is 4.43 Å². The lowest BCUT2D eigenvalue weighted by atomic mass is 9.80. The summed E-state index contributed by atoms with van der Waals surface area (Å²) in [7, 11) is 0. The zero-order chi connectivity index (χ0) is 19.6. The van der Waals surface area contributed by atoms with Crippen LogP contribution in [0.3, 0.4) is 0 Å². The molecule has 1 heterocycles. The van der Waals surface area contributed by atoms with Crippen LogP contribution in [0.4, 0.5) is 0 Å². The first-order valence-corrected chi connectivity index (χ1v) is 11.3. The van der Waals surface area contributed by atoms with Crippen LogP contribution in [-0.4, -0.2) is 19.2 Å². The summed E-state index contributed by atoms with van der Waals surface area (Å²) in [5, 5.41) is 3.94. The average Bonchev–Trinajstić information content (AvgIpc) is 2.64. The van der Waals surface area contributed by atoms with Gasteiger partial charge in [-0.3, -0.25) is 9.78 Å². The van der Waals surface area contributed by atoms with E-state index in [4.69, 9.17) is 0 Å². The van der Waals surface area contributed by atoms with Crippen LogP contribution >= 0.6 is 22.6 Å². The van der Waals surface area contributed by atoms with Gasteiger partial charge in [0.1, 0.15) is 6.20 Å². The lowest BCUT2D eigenvalue weighted by molar-refractivity contribution is -0.313. The van der Waals surface area contributed by atoms with E-state index in [1.54, 1.807) is 0 Å². The molecule has 5 nitrogen and oxygen atoms in total.